The summed E-state index contributed by atoms with van der Waals surface area (Å²) in [6.45, 7) is 2.30. The Kier molecular flexibility index (Phi) is 23.7. The van der Waals surface area contributed by atoms with Crippen molar-refractivity contribution >= 4 is 12.6 Å². The molecule has 145 valence electrons. The van der Waals surface area contributed by atoms with E-state index in [1.54, 1.807) is 0 Å². The topological polar surface area (TPSA) is 0 Å². The summed E-state index contributed by atoms with van der Waals surface area (Å²) < 4.78 is 0. The first-order valence-electron chi connectivity index (χ1n) is 11.5. The van der Waals surface area contributed by atoms with Gasteiger partial charge in [0.15, 0.2) is 0 Å². The second-order valence-electron chi connectivity index (χ2n) is 7.78. The van der Waals surface area contributed by atoms with E-state index >= 15 is 0 Å². The Balaban J connectivity index is 2.93. The van der Waals surface area contributed by atoms with Crippen LogP contribution in [0.3, 0.4) is 0 Å². The van der Waals surface area contributed by atoms with Gasteiger partial charge in [-0.05, 0) is 6.42 Å². The molecule has 0 nitrogen and oxygen atoms in total. The van der Waals surface area contributed by atoms with Crippen LogP contribution in [0.2, 0.25) is 0 Å². The molecule has 0 aliphatic rings. The predicted molar refractivity (Wildman–Crippen MR) is 115 cm³/mol. The predicted octanol–water partition coefficient (Wildman–Crippen LogP) is 9.40. The number of unbranched alkanes of at least 4 members (excludes halogenated alkanes) is 20. The van der Waals surface area contributed by atoms with Crippen molar-refractivity contribution in [2.24, 2.45) is 0 Å². The van der Waals surface area contributed by atoms with Crippen molar-refractivity contribution < 1.29 is 0 Å². The Morgan fingerprint density at radius 2 is 0.542 bits per heavy atom. The molecule has 0 fully saturated rings. The molecule has 0 heterocycles. The maximum atomic E-state index is 4.97. The van der Waals surface area contributed by atoms with Crippen molar-refractivity contribution in [3.05, 3.63) is 0 Å². The SMILES string of the molecule is CCCCCCCCCCCCCCCCCCCCCCC[S]. The molecule has 0 amide bonds. The van der Waals surface area contributed by atoms with E-state index in [0.717, 1.165) is 5.75 Å². The molecule has 0 aliphatic heterocycles. The molecule has 0 aromatic carbocycles. The molecule has 0 aliphatic carbocycles. The lowest BCUT2D eigenvalue weighted by Crippen LogP contribution is -1.84. The van der Waals surface area contributed by atoms with Gasteiger partial charge in [-0.3, -0.25) is 0 Å². The summed E-state index contributed by atoms with van der Waals surface area (Å²) in [5, 5.41) is 0. The fourth-order valence-corrected chi connectivity index (χ4v) is 3.74. The first-order valence-corrected chi connectivity index (χ1v) is 12.1. The van der Waals surface area contributed by atoms with E-state index in [1.165, 1.54) is 135 Å². The van der Waals surface area contributed by atoms with Crippen LogP contribution in [-0.2, 0) is 0 Å². The number of rotatable bonds is 21. The fourth-order valence-electron chi connectivity index (χ4n) is 3.53. The minimum atomic E-state index is 0.957. The zero-order valence-corrected chi connectivity index (χ0v) is 17.8. The average Bonchev–Trinajstić information content (AvgIpc) is 2.60. The lowest BCUT2D eigenvalue weighted by molar-refractivity contribution is 0.521. The molecule has 0 unspecified atom stereocenters. The first kappa shape index (κ1) is 24.4. The minimum Gasteiger partial charge on any atom is -0.0942 e. The Morgan fingerprint density at radius 3 is 0.750 bits per heavy atom. The molecule has 0 spiro atoms. The zero-order valence-electron chi connectivity index (χ0n) is 17.0. The van der Waals surface area contributed by atoms with Gasteiger partial charge in [-0.1, -0.05) is 148 Å². The van der Waals surface area contributed by atoms with Crippen LogP contribution < -0.4 is 0 Å². The van der Waals surface area contributed by atoms with E-state index in [2.05, 4.69) is 6.92 Å². The summed E-state index contributed by atoms with van der Waals surface area (Å²) in [7, 11) is 0. The van der Waals surface area contributed by atoms with E-state index in [4.69, 9.17) is 12.6 Å². The van der Waals surface area contributed by atoms with Gasteiger partial charge in [-0.2, -0.15) is 0 Å². The van der Waals surface area contributed by atoms with Crippen LogP contribution in [-0.4, -0.2) is 5.75 Å². The lowest BCUT2D eigenvalue weighted by atomic mass is 10.0. The van der Waals surface area contributed by atoms with Crippen LogP contribution in [0.1, 0.15) is 142 Å². The molecular formula is C23H47S. The van der Waals surface area contributed by atoms with Gasteiger partial charge < -0.3 is 0 Å². The third-order valence-electron chi connectivity index (χ3n) is 5.25. The lowest BCUT2D eigenvalue weighted by Gasteiger charge is -2.04. The maximum absolute atomic E-state index is 4.97. The van der Waals surface area contributed by atoms with Gasteiger partial charge in [-0.25, -0.2) is 0 Å². The molecule has 0 saturated heterocycles. The Bertz CT molecular complexity index is 180. The Labute approximate surface area is 160 Å². The highest BCUT2D eigenvalue weighted by atomic mass is 32.1. The maximum Gasteiger partial charge on any atom is 0.00369 e. The van der Waals surface area contributed by atoms with Gasteiger partial charge >= 0.3 is 0 Å². The van der Waals surface area contributed by atoms with Gasteiger partial charge in [0, 0.05) is 5.75 Å². The van der Waals surface area contributed by atoms with Crippen LogP contribution in [0.4, 0.5) is 0 Å². The molecule has 0 saturated carbocycles. The van der Waals surface area contributed by atoms with Gasteiger partial charge in [0.05, 0.1) is 0 Å². The highest BCUT2D eigenvalue weighted by Crippen LogP contribution is 2.15. The smallest absolute Gasteiger partial charge is 0.00369 e. The molecule has 24 heavy (non-hydrogen) atoms. The summed E-state index contributed by atoms with van der Waals surface area (Å²) in [6, 6.07) is 0. The molecule has 0 bridgehead atoms. The van der Waals surface area contributed by atoms with Gasteiger partial charge in [-0.15, -0.1) is 0 Å². The number of hydrogen-bond donors (Lipinski definition) is 0. The van der Waals surface area contributed by atoms with Crippen LogP contribution in [0.15, 0.2) is 0 Å². The molecule has 1 radical (unpaired) electrons. The molecule has 0 atom stereocenters. The van der Waals surface area contributed by atoms with Crippen molar-refractivity contribution in [3.63, 3.8) is 0 Å². The van der Waals surface area contributed by atoms with E-state index in [0.29, 0.717) is 0 Å². The second kappa shape index (κ2) is 23.4. The van der Waals surface area contributed by atoms with Crippen molar-refractivity contribution in [1.82, 2.24) is 0 Å². The first-order chi connectivity index (χ1) is 11.9. The van der Waals surface area contributed by atoms with Crippen LogP contribution >= 0.6 is 12.6 Å². The van der Waals surface area contributed by atoms with Crippen LogP contribution in [0, 0.1) is 0 Å². The molecule has 0 aromatic heterocycles. The van der Waals surface area contributed by atoms with E-state index in [-0.39, 0.29) is 0 Å². The van der Waals surface area contributed by atoms with Gasteiger partial charge in [0.2, 0.25) is 0 Å². The summed E-state index contributed by atoms with van der Waals surface area (Å²) in [5.74, 6) is 0.957. The second-order valence-corrected chi connectivity index (χ2v) is 8.18. The summed E-state index contributed by atoms with van der Waals surface area (Å²) in [4.78, 5) is 0. The molecular weight excluding hydrogens is 308 g/mol. The summed E-state index contributed by atoms with van der Waals surface area (Å²) in [6.07, 6.45) is 30.4. The van der Waals surface area contributed by atoms with E-state index in [1.807, 2.05) is 0 Å². The largest absolute Gasteiger partial charge is 0.0942 e. The molecule has 1 heteroatoms. The quantitative estimate of drug-likeness (QED) is 0.180. The third-order valence-corrected chi connectivity index (χ3v) is 5.54. The van der Waals surface area contributed by atoms with Gasteiger partial charge in [0.1, 0.15) is 0 Å². The van der Waals surface area contributed by atoms with Crippen molar-refractivity contribution in [2.45, 2.75) is 142 Å². The highest BCUT2D eigenvalue weighted by Gasteiger charge is 1.95. The molecule has 0 N–H and O–H groups in total. The molecule has 0 aromatic rings. The van der Waals surface area contributed by atoms with Crippen molar-refractivity contribution in [2.75, 3.05) is 5.75 Å². The Morgan fingerprint density at radius 1 is 0.333 bits per heavy atom. The Hall–Kier alpha value is 0.350. The average molecular weight is 356 g/mol. The normalized spacial score (nSPS) is 11.2. The van der Waals surface area contributed by atoms with Crippen LogP contribution in [0.5, 0.6) is 0 Å². The van der Waals surface area contributed by atoms with Crippen molar-refractivity contribution in [1.29, 1.82) is 0 Å². The summed E-state index contributed by atoms with van der Waals surface area (Å²) in [5.41, 5.74) is 0. The van der Waals surface area contributed by atoms with E-state index in [9.17, 15) is 0 Å². The van der Waals surface area contributed by atoms with Gasteiger partial charge in [0.25, 0.3) is 0 Å². The summed E-state index contributed by atoms with van der Waals surface area (Å²) >= 11 is 4.97. The third kappa shape index (κ3) is 22.4. The zero-order chi connectivity index (χ0) is 17.6. The minimum absolute atomic E-state index is 0.957. The fraction of sp³-hybridized carbons (Fsp3) is 1.00. The number of hydrogen-bond acceptors (Lipinski definition) is 0. The van der Waals surface area contributed by atoms with Crippen molar-refractivity contribution in [3.8, 4) is 0 Å². The highest BCUT2D eigenvalue weighted by molar-refractivity contribution is 7.80. The van der Waals surface area contributed by atoms with Crippen LogP contribution in [0.25, 0.3) is 0 Å². The van der Waals surface area contributed by atoms with E-state index < -0.39 is 0 Å². The standard InChI is InChI=1S/C23H47S/c1-2-3-4-5-6-7-8-9-10-11-12-13-14-15-16-17-18-19-20-21-22-23-24/h2-23H2,1H3. The monoisotopic (exact) mass is 355 g/mol. The molecule has 0 rings (SSSR count).